The Hall–Kier alpha value is -3.52. The summed E-state index contributed by atoms with van der Waals surface area (Å²) in [5, 5.41) is 5.54. The first-order chi connectivity index (χ1) is 14.9. The number of piperidine rings is 1. The summed E-state index contributed by atoms with van der Waals surface area (Å²) in [6.07, 6.45) is 2.16. The largest absolute Gasteiger partial charge is 0.381 e. The molecule has 4 amide bonds. The Bertz CT molecular complexity index is 1140. The Morgan fingerprint density at radius 1 is 1.03 bits per heavy atom. The molecule has 1 saturated heterocycles. The van der Waals surface area contributed by atoms with Crippen molar-refractivity contribution in [2.75, 3.05) is 5.32 Å². The molecule has 5 rings (SSSR count). The lowest BCUT2D eigenvalue weighted by molar-refractivity contribution is -0.136. The number of benzene rings is 2. The Morgan fingerprint density at radius 3 is 2.68 bits per heavy atom. The predicted octanol–water partition coefficient (Wildman–Crippen LogP) is 1.65. The van der Waals surface area contributed by atoms with Crippen molar-refractivity contribution in [1.29, 1.82) is 0 Å². The maximum absolute atomic E-state index is 13.2. The van der Waals surface area contributed by atoms with Crippen molar-refractivity contribution in [1.82, 2.24) is 10.2 Å². The molecule has 2 unspecified atom stereocenters. The smallest absolute Gasteiger partial charge is 0.262 e. The average molecular weight is 418 g/mol. The second-order valence-corrected chi connectivity index (χ2v) is 8.20. The summed E-state index contributed by atoms with van der Waals surface area (Å²) in [4.78, 5) is 50.8. The molecule has 1 fully saturated rings. The summed E-state index contributed by atoms with van der Waals surface area (Å²) in [6.45, 7) is 0.347. The van der Waals surface area contributed by atoms with E-state index in [-0.39, 0.29) is 24.4 Å². The third-order valence-electron chi connectivity index (χ3n) is 6.31. The molecular formula is C23H22N4O4. The molecule has 4 N–H and O–H groups in total. The van der Waals surface area contributed by atoms with E-state index in [1.807, 2.05) is 12.1 Å². The standard InChI is InChI=1S/C23H22N4O4/c24-17-7-5-12-4-6-14(10-16(12)17)25-11-13-2-1-3-15-20(13)23(31)27(22(15)30)18-8-9-19(28)26-21(18)29/h1-4,6,10,17-18,25H,5,7-9,11,24H2,(H,26,28,29). The van der Waals surface area contributed by atoms with Crippen LogP contribution in [0.3, 0.4) is 0 Å². The fourth-order valence-corrected chi connectivity index (χ4v) is 4.67. The number of carbonyl (C=O) groups excluding carboxylic acids is 4. The first-order valence-corrected chi connectivity index (χ1v) is 10.4. The third kappa shape index (κ3) is 3.19. The van der Waals surface area contributed by atoms with Gasteiger partial charge in [-0.1, -0.05) is 18.2 Å². The highest BCUT2D eigenvalue weighted by Crippen LogP contribution is 2.33. The molecule has 8 heteroatoms. The molecule has 1 aliphatic carbocycles. The third-order valence-corrected chi connectivity index (χ3v) is 6.31. The number of amides is 4. The number of rotatable bonds is 4. The first kappa shape index (κ1) is 19.4. The van der Waals surface area contributed by atoms with Crippen molar-refractivity contribution >= 4 is 29.3 Å². The van der Waals surface area contributed by atoms with E-state index in [4.69, 9.17) is 5.73 Å². The number of nitrogens with two attached hydrogens (primary N) is 1. The number of nitrogens with zero attached hydrogens (tertiary/aromatic N) is 1. The number of aryl methyl sites for hydroxylation is 1. The maximum atomic E-state index is 13.2. The molecule has 0 aromatic heterocycles. The van der Waals surface area contributed by atoms with E-state index in [1.54, 1.807) is 18.2 Å². The van der Waals surface area contributed by atoms with Crippen LogP contribution in [0.1, 0.15) is 62.7 Å². The van der Waals surface area contributed by atoms with Crippen LogP contribution in [0.15, 0.2) is 36.4 Å². The van der Waals surface area contributed by atoms with Gasteiger partial charge in [0.15, 0.2) is 0 Å². The summed E-state index contributed by atoms with van der Waals surface area (Å²) >= 11 is 0. The Morgan fingerprint density at radius 2 is 1.87 bits per heavy atom. The van der Waals surface area contributed by atoms with Crippen molar-refractivity contribution < 1.29 is 19.2 Å². The molecule has 158 valence electrons. The van der Waals surface area contributed by atoms with E-state index in [2.05, 4.69) is 16.7 Å². The number of hydrogen-bond acceptors (Lipinski definition) is 6. The maximum Gasteiger partial charge on any atom is 0.262 e. The summed E-state index contributed by atoms with van der Waals surface area (Å²) in [5.41, 5.74) is 10.7. The highest BCUT2D eigenvalue weighted by molar-refractivity contribution is 6.24. The molecular weight excluding hydrogens is 396 g/mol. The lowest BCUT2D eigenvalue weighted by atomic mass is 10.0. The van der Waals surface area contributed by atoms with Gasteiger partial charge in [0.2, 0.25) is 11.8 Å². The highest BCUT2D eigenvalue weighted by Gasteiger charge is 2.45. The van der Waals surface area contributed by atoms with Gasteiger partial charge in [-0.15, -0.1) is 0 Å². The van der Waals surface area contributed by atoms with Crippen LogP contribution in [0, 0.1) is 0 Å². The second kappa shape index (κ2) is 7.31. The van der Waals surface area contributed by atoms with Crippen LogP contribution < -0.4 is 16.4 Å². The van der Waals surface area contributed by atoms with Crippen LogP contribution in [0.5, 0.6) is 0 Å². The van der Waals surface area contributed by atoms with Gasteiger partial charge >= 0.3 is 0 Å². The number of anilines is 1. The van der Waals surface area contributed by atoms with Crippen LogP contribution in [0.25, 0.3) is 0 Å². The molecule has 0 bridgehead atoms. The minimum absolute atomic E-state index is 0.0407. The zero-order chi connectivity index (χ0) is 21.7. The number of hydrogen-bond donors (Lipinski definition) is 3. The SMILES string of the molecule is NC1CCc2ccc(NCc3cccc4c3C(=O)N(C3CCC(=O)NC3=O)C4=O)cc21. The minimum atomic E-state index is -0.968. The topological polar surface area (TPSA) is 122 Å². The van der Waals surface area contributed by atoms with E-state index in [9.17, 15) is 19.2 Å². The monoisotopic (exact) mass is 418 g/mol. The van der Waals surface area contributed by atoms with Gasteiger partial charge in [0.25, 0.3) is 11.8 Å². The predicted molar refractivity (Wildman–Crippen MR) is 112 cm³/mol. The van der Waals surface area contributed by atoms with Crippen LogP contribution >= 0.6 is 0 Å². The minimum Gasteiger partial charge on any atom is -0.381 e. The normalized spacial score (nSPS) is 22.4. The van der Waals surface area contributed by atoms with Gasteiger partial charge < -0.3 is 11.1 Å². The van der Waals surface area contributed by atoms with Crippen molar-refractivity contribution in [2.24, 2.45) is 5.73 Å². The second-order valence-electron chi connectivity index (χ2n) is 8.20. The Labute approximate surface area is 178 Å². The Kier molecular flexibility index (Phi) is 4.59. The summed E-state index contributed by atoms with van der Waals surface area (Å²) < 4.78 is 0. The fraction of sp³-hybridized carbons (Fsp3) is 0.304. The van der Waals surface area contributed by atoms with Gasteiger partial charge in [-0.2, -0.15) is 0 Å². The molecule has 2 aromatic carbocycles. The van der Waals surface area contributed by atoms with Gasteiger partial charge in [0, 0.05) is 24.7 Å². The molecule has 2 aromatic rings. The molecule has 8 nitrogen and oxygen atoms in total. The molecule has 3 aliphatic rings. The lowest BCUT2D eigenvalue weighted by Gasteiger charge is -2.27. The summed E-state index contributed by atoms with van der Waals surface area (Å²) in [6, 6.07) is 10.3. The average Bonchev–Trinajstić information content (AvgIpc) is 3.25. The van der Waals surface area contributed by atoms with E-state index in [0.29, 0.717) is 17.7 Å². The zero-order valence-corrected chi connectivity index (χ0v) is 16.8. The Balaban J connectivity index is 1.39. The molecule has 0 saturated carbocycles. The number of imide groups is 2. The van der Waals surface area contributed by atoms with Crippen molar-refractivity contribution in [3.63, 3.8) is 0 Å². The van der Waals surface area contributed by atoms with Gasteiger partial charge in [0.05, 0.1) is 11.1 Å². The van der Waals surface area contributed by atoms with Crippen molar-refractivity contribution in [2.45, 2.75) is 44.3 Å². The number of fused-ring (bicyclic) bond motifs is 2. The van der Waals surface area contributed by atoms with E-state index < -0.39 is 29.7 Å². The molecule has 2 aliphatic heterocycles. The molecule has 0 spiro atoms. The quantitative estimate of drug-likeness (QED) is 0.649. The van der Waals surface area contributed by atoms with Crippen LogP contribution in [0.2, 0.25) is 0 Å². The van der Waals surface area contributed by atoms with E-state index >= 15 is 0 Å². The fourth-order valence-electron chi connectivity index (χ4n) is 4.67. The van der Waals surface area contributed by atoms with Gasteiger partial charge in [-0.3, -0.25) is 29.4 Å². The zero-order valence-electron chi connectivity index (χ0n) is 16.8. The number of nitrogens with one attached hydrogen (secondary N) is 2. The van der Waals surface area contributed by atoms with Gasteiger partial charge in [-0.05, 0) is 54.2 Å². The summed E-state index contributed by atoms with van der Waals surface area (Å²) in [7, 11) is 0. The lowest BCUT2D eigenvalue weighted by Crippen LogP contribution is -2.54. The summed E-state index contributed by atoms with van der Waals surface area (Å²) in [5.74, 6) is -2.00. The van der Waals surface area contributed by atoms with Crippen LogP contribution in [-0.2, 0) is 22.6 Å². The van der Waals surface area contributed by atoms with Crippen LogP contribution in [-0.4, -0.2) is 34.6 Å². The van der Waals surface area contributed by atoms with Crippen molar-refractivity contribution in [3.05, 3.63) is 64.2 Å². The first-order valence-electron chi connectivity index (χ1n) is 10.4. The van der Waals surface area contributed by atoms with Gasteiger partial charge in [-0.25, -0.2) is 0 Å². The molecule has 2 heterocycles. The van der Waals surface area contributed by atoms with Crippen molar-refractivity contribution in [3.8, 4) is 0 Å². The number of carbonyl (C=O) groups is 4. The van der Waals surface area contributed by atoms with E-state index in [0.717, 1.165) is 29.0 Å². The highest BCUT2D eigenvalue weighted by atomic mass is 16.2. The van der Waals surface area contributed by atoms with Gasteiger partial charge in [0.1, 0.15) is 6.04 Å². The molecule has 0 radical (unpaired) electrons. The van der Waals surface area contributed by atoms with Crippen LogP contribution in [0.4, 0.5) is 5.69 Å². The van der Waals surface area contributed by atoms with E-state index in [1.165, 1.54) is 5.56 Å². The molecule has 31 heavy (non-hydrogen) atoms. The molecule has 2 atom stereocenters.